The van der Waals surface area contributed by atoms with Crippen molar-refractivity contribution >= 4 is 5.97 Å². The fraction of sp³-hybridized carbons (Fsp3) is 0.351. The van der Waals surface area contributed by atoms with Crippen LogP contribution in [-0.4, -0.2) is 72.3 Å². The summed E-state index contributed by atoms with van der Waals surface area (Å²) in [5.41, 5.74) is 2.82. The van der Waals surface area contributed by atoms with Gasteiger partial charge in [-0.1, -0.05) is 12.1 Å². The number of esters is 1. The number of fused-ring (bicyclic) bond motifs is 1. The van der Waals surface area contributed by atoms with Crippen molar-refractivity contribution < 1.29 is 47.5 Å². The van der Waals surface area contributed by atoms with Crippen molar-refractivity contribution in [1.82, 2.24) is 4.90 Å². The van der Waals surface area contributed by atoms with Crippen LogP contribution in [0.15, 0.2) is 63.8 Å². The number of methoxy groups -OCH3 is 7. The van der Waals surface area contributed by atoms with Crippen LogP contribution in [0.2, 0.25) is 0 Å². The second kappa shape index (κ2) is 15.2. The zero-order valence-electron chi connectivity index (χ0n) is 28.7. The van der Waals surface area contributed by atoms with E-state index in [1.165, 1.54) is 13.2 Å². The van der Waals surface area contributed by atoms with Crippen LogP contribution in [0.25, 0.3) is 0 Å². The number of hydrogen-bond acceptors (Lipinski definition) is 12. The third kappa shape index (κ3) is 7.09. The second-order valence-corrected chi connectivity index (χ2v) is 11.4. The third-order valence-corrected chi connectivity index (χ3v) is 8.77. The Morgan fingerprint density at radius 2 is 1.47 bits per heavy atom. The molecule has 49 heavy (non-hydrogen) atoms. The molecule has 3 aromatic carbocycles. The highest BCUT2D eigenvalue weighted by atomic mass is 16.5. The number of carbonyl (C=O) groups excluding carboxylic acids is 1. The molecule has 0 spiro atoms. The van der Waals surface area contributed by atoms with Gasteiger partial charge in [0.1, 0.15) is 11.5 Å². The molecule has 4 aromatic rings. The van der Waals surface area contributed by atoms with Gasteiger partial charge in [-0.2, -0.15) is 0 Å². The largest absolute Gasteiger partial charge is 0.502 e. The summed E-state index contributed by atoms with van der Waals surface area (Å²) in [5, 5.41) is 11.0. The maximum absolute atomic E-state index is 13.3. The highest BCUT2D eigenvalue weighted by molar-refractivity contribution is 5.71. The van der Waals surface area contributed by atoms with E-state index in [4.69, 9.17) is 37.6 Å². The van der Waals surface area contributed by atoms with Crippen LogP contribution in [0.1, 0.15) is 52.2 Å². The number of carbonyl (C=O) groups is 1. The molecule has 1 aromatic heterocycles. The molecule has 2 atom stereocenters. The Morgan fingerprint density at radius 3 is 2.04 bits per heavy atom. The van der Waals surface area contributed by atoms with Crippen molar-refractivity contribution in [3.8, 4) is 40.2 Å². The standard InChI is InChI=1S/C37H41NO11/c1-42-24-10-8-21(9-11-24)27(19-33(40)47-6)36-35(41)28(39)17-25(49-36)20-38-13-12-22-14-29(43-2)30(44-3)18-26(22)34(38)23-15-31(45-4)37(48-7)32(16-23)46-5/h8-11,14-18,27,34,41H,12-13,19-20H2,1-7H3/t27-,34+/m0/s1. The lowest BCUT2D eigenvalue weighted by molar-refractivity contribution is -0.140. The van der Waals surface area contributed by atoms with E-state index in [9.17, 15) is 14.7 Å². The zero-order chi connectivity index (χ0) is 35.2. The Morgan fingerprint density at radius 1 is 0.837 bits per heavy atom. The molecule has 12 heteroatoms. The summed E-state index contributed by atoms with van der Waals surface area (Å²) in [7, 11) is 10.7. The molecule has 1 N–H and O–H groups in total. The Labute approximate surface area is 284 Å². The molecule has 0 radical (unpaired) electrons. The van der Waals surface area contributed by atoms with Gasteiger partial charge in [0.2, 0.25) is 16.9 Å². The number of aromatic hydroxyl groups is 1. The molecule has 2 heterocycles. The van der Waals surface area contributed by atoms with Crippen LogP contribution >= 0.6 is 0 Å². The molecule has 1 aliphatic heterocycles. The summed E-state index contributed by atoms with van der Waals surface area (Å²) in [5.74, 6) is 1.53. The van der Waals surface area contributed by atoms with Crippen LogP contribution in [-0.2, 0) is 22.5 Å². The predicted octanol–water partition coefficient (Wildman–Crippen LogP) is 5.24. The van der Waals surface area contributed by atoms with Crippen LogP contribution in [0.3, 0.4) is 0 Å². The van der Waals surface area contributed by atoms with Crippen LogP contribution in [0.4, 0.5) is 0 Å². The Kier molecular flexibility index (Phi) is 10.9. The number of ether oxygens (including phenoxy) is 7. The zero-order valence-corrected chi connectivity index (χ0v) is 28.7. The second-order valence-electron chi connectivity index (χ2n) is 11.4. The first kappa shape index (κ1) is 35.0. The minimum absolute atomic E-state index is 0.0359. The van der Waals surface area contributed by atoms with Crippen molar-refractivity contribution in [2.45, 2.75) is 31.3 Å². The first-order valence-electron chi connectivity index (χ1n) is 15.5. The van der Waals surface area contributed by atoms with Gasteiger partial charge >= 0.3 is 5.97 Å². The van der Waals surface area contributed by atoms with Gasteiger partial charge < -0.3 is 42.7 Å². The number of benzene rings is 3. The van der Waals surface area contributed by atoms with Gasteiger partial charge in [-0.05, 0) is 65.1 Å². The molecule has 12 nitrogen and oxygen atoms in total. The van der Waals surface area contributed by atoms with E-state index in [0.717, 1.165) is 16.7 Å². The van der Waals surface area contributed by atoms with E-state index in [-0.39, 0.29) is 18.7 Å². The minimum atomic E-state index is -0.810. The van der Waals surface area contributed by atoms with E-state index >= 15 is 0 Å². The minimum Gasteiger partial charge on any atom is -0.502 e. The van der Waals surface area contributed by atoms with Crippen LogP contribution < -0.4 is 33.8 Å². The topological polar surface area (TPSA) is 135 Å². The van der Waals surface area contributed by atoms with Crippen molar-refractivity contribution in [2.75, 3.05) is 56.3 Å². The van der Waals surface area contributed by atoms with Gasteiger partial charge in [-0.25, -0.2) is 0 Å². The van der Waals surface area contributed by atoms with E-state index in [1.54, 1.807) is 66.9 Å². The SMILES string of the molecule is COC(=O)C[C@@H](c1ccc(OC)cc1)c1oc(CN2CCc3cc(OC)c(OC)cc3[C@H]2c2cc(OC)c(OC)c(OC)c2)cc(=O)c1O. The highest BCUT2D eigenvalue weighted by Gasteiger charge is 2.34. The fourth-order valence-electron chi connectivity index (χ4n) is 6.34. The lowest BCUT2D eigenvalue weighted by Crippen LogP contribution is -2.36. The lowest BCUT2D eigenvalue weighted by Gasteiger charge is -2.38. The molecule has 1 aliphatic rings. The highest BCUT2D eigenvalue weighted by Crippen LogP contribution is 2.46. The van der Waals surface area contributed by atoms with Crippen molar-refractivity contribution in [3.63, 3.8) is 0 Å². The summed E-state index contributed by atoms with van der Waals surface area (Å²) in [6.07, 6.45) is 0.484. The monoisotopic (exact) mass is 675 g/mol. The molecule has 0 saturated carbocycles. The molecule has 0 aliphatic carbocycles. The Bertz CT molecular complexity index is 1830. The quantitative estimate of drug-likeness (QED) is 0.186. The van der Waals surface area contributed by atoms with Crippen LogP contribution in [0, 0.1) is 0 Å². The summed E-state index contributed by atoms with van der Waals surface area (Å²) < 4.78 is 44.9. The van der Waals surface area contributed by atoms with E-state index in [0.29, 0.717) is 58.8 Å². The molecule has 5 rings (SSSR count). The van der Waals surface area contributed by atoms with Crippen LogP contribution in [0.5, 0.6) is 40.2 Å². The van der Waals surface area contributed by atoms with E-state index in [2.05, 4.69) is 4.90 Å². The number of rotatable bonds is 13. The number of hydrogen-bond donors (Lipinski definition) is 1. The van der Waals surface area contributed by atoms with E-state index in [1.807, 2.05) is 24.3 Å². The first-order chi connectivity index (χ1) is 23.7. The maximum Gasteiger partial charge on any atom is 0.306 e. The molecule has 0 unspecified atom stereocenters. The number of nitrogens with zero attached hydrogens (tertiary/aromatic N) is 1. The summed E-state index contributed by atoms with van der Waals surface area (Å²) in [4.78, 5) is 28.0. The third-order valence-electron chi connectivity index (χ3n) is 8.77. The van der Waals surface area contributed by atoms with Gasteiger partial charge in [-0.15, -0.1) is 0 Å². The van der Waals surface area contributed by atoms with Gasteiger partial charge in [0.15, 0.2) is 28.8 Å². The molecule has 0 fully saturated rings. The lowest BCUT2D eigenvalue weighted by atomic mass is 9.87. The van der Waals surface area contributed by atoms with E-state index < -0.39 is 29.1 Å². The molecular weight excluding hydrogens is 634 g/mol. The van der Waals surface area contributed by atoms with Gasteiger partial charge in [0, 0.05) is 12.6 Å². The van der Waals surface area contributed by atoms with Crippen molar-refractivity contribution in [2.24, 2.45) is 0 Å². The summed E-state index contributed by atoms with van der Waals surface area (Å²) in [6.45, 7) is 0.735. The Balaban J connectivity index is 1.64. The summed E-state index contributed by atoms with van der Waals surface area (Å²) >= 11 is 0. The Hall–Kier alpha value is -5.36. The van der Waals surface area contributed by atoms with Gasteiger partial charge in [-0.3, -0.25) is 14.5 Å². The maximum atomic E-state index is 13.3. The molecule has 0 bridgehead atoms. The molecular formula is C37H41NO11. The van der Waals surface area contributed by atoms with Crippen molar-refractivity contribution in [3.05, 3.63) is 98.6 Å². The smallest absolute Gasteiger partial charge is 0.306 e. The average molecular weight is 676 g/mol. The molecule has 0 saturated heterocycles. The summed E-state index contributed by atoms with van der Waals surface area (Å²) in [6, 6.07) is 15.5. The van der Waals surface area contributed by atoms with Crippen molar-refractivity contribution in [1.29, 1.82) is 0 Å². The fourth-order valence-corrected chi connectivity index (χ4v) is 6.34. The van der Waals surface area contributed by atoms with Gasteiger partial charge in [0.05, 0.1) is 74.7 Å². The predicted molar refractivity (Wildman–Crippen MR) is 180 cm³/mol. The first-order valence-corrected chi connectivity index (χ1v) is 15.5. The average Bonchev–Trinajstić information content (AvgIpc) is 3.13. The normalized spacial score (nSPS) is 14.7. The molecule has 0 amide bonds. The molecule has 260 valence electrons. The van der Waals surface area contributed by atoms with Gasteiger partial charge in [0.25, 0.3) is 0 Å².